The molecule has 1 aromatic carbocycles. The molecule has 3 heteroatoms. The molecule has 1 rings (SSSR count). The highest BCUT2D eigenvalue weighted by Crippen LogP contribution is 2.15. The van der Waals surface area contributed by atoms with Gasteiger partial charge in [-0.2, -0.15) is 0 Å². The Morgan fingerprint density at radius 3 is 2.89 bits per heavy atom. The topological polar surface area (TPSA) is 49.7 Å². The summed E-state index contributed by atoms with van der Waals surface area (Å²) in [6, 6.07) is 4.59. The molecule has 0 fully saturated rings. The number of aldehydes is 1. The Labute approximate surface area is 106 Å². The van der Waals surface area contributed by atoms with Crippen LogP contribution in [0.25, 0.3) is 0 Å². The highest BCUT2D eigenvalue weighted by Gasteiger charge is 1.99. The summed E-state index contributed by atoms with van der Waals surface area (Å²) in [6.07, 6.45) is 5.99. The molecule has 0 aliphatic rings. The van der Waals surface area contributed by atoms with E-state index in [0.29, 0.717) is 17.5 Å². The third kappa shape index (κ3) is 3.76. The van der Waals surface area contributed by atoms with E-state index in [9.17, 15) is 9.90 Å². The highest BCUT2D eigenvalue weighted by molar-refractivity contribution is 5.79. The maximum atomic E-state index is 10.7. The van der Waals surface area contributed by atoms with Crippen LogP contribution in [0, 0.1) is 11.8 Å². The first kappa shape index (κ1) is 13.5. The second-order valence-electron chi connectivity index (χ2n) is 3.38. The van der Waals surface area contributed by atoms with Crippen molar-refractivity contribution in [1.82, 2.24) is 0 Å². The molecule has 0 aliphatic carbocycles. The molecule has 0 bridgehead atoms. The lowest BCUT2D eigenvalue weighted by molar-refractivity contribution is 0.112. The summed E-state index contributed by atoms with van der Waals surface area (Å²) >= 11 is 0. The van der Waals surface area contributed by atoms with Gasteiger partial charge in [0.05, 0.1) is 5.56 Å². The number of nitrogens with zero attached hydrogens (tertiary/aromatic N) is 1. The number of hydrogen-bond donors (Lipinski definition) is 1. The summed E-state index contributed by atoms with van der Waals surface area (Å²) in [5, 5.41) is 9.35. The van der Waals surface area contributed by atoms with Gasteiger partial charge in [-0.05, 0) is 43.8 Å². The van der Waals surface area contributed by atoms with Crippen molar-refractivity contribution < 1.29 is 9.90 Å². The van der Waals surface area contributed by atoms with Crippen LogP contribution < -0.4 is 0 Å². The Hall–Kier alpha value is -2.60. The highest BCUT2D eigenvalue weighted by atomic mass is 16.3. The molecule has 0 atom stereocenters. The Morgan fingerprint density at radius 2 is 2.28 bits per heavy atom. The minimum atomic E-state index is -0.0536. The van der Waals surface area contributed by atoms with E-state index < -0.39 is 0 Å². The van der Waals surface area contributed by atoms with Crippen LogP contribution in [0.4, 0.5) is 0 Å². The Morgan fingerprint density at radius 1 is 1.50 bits per heavy atom. The van der Waals surface area contributed by atoms with Crippen molar-refractivity contribution in [3.8, 4) is 17.6 Å². The van der Waals surface area contributed by atoms with Crippen LogP contribution in [0.1, 0.15) is 22.8 Å². The molecule has 0 aromatic heterocycles. The van der Waals surface area contributed by atoms with Gasteiger partial charge in [0, 0.05) is 5.56 Å². The molecule has 0 radical (unpaired) electrons. The van der Waals surface area contributed by atoms with Gasteiger partial charge in [0.1, 0.15) is 11.4 Å². The normalized spacial score (nSPS) is 10.8. The largest absolute Gasteiger partial charge is 0.507 e. The average Bonchev–Trinajstić information content (AvgIpc) is 2.40. The minimum Gasteiger partial charge on any atom is -0.507 e. The van der Waals surface area contributed by atoms with Crippen LogP contribution in [0.15, 0.2) is 47.1 Å². The van der Waals surface area contributed by atoms with E-state index in [0.717, 1.165) is 0 Å². The molecule has 90 valence electrons. The Balaban J connectivity index is 3.04. The van der Waals surface area contributed by atoms with Crippen LogP contribution in [0.2, 0.25) is 0 Å². The molecule has 0 saturated carbocycles. The third-order valence-electron chi connectivity index (χ3n) is 2.11. The number of phenolic OH excluding ortho intramolecular Hbond substituents is 1. The summed E-state index contributed by atoms with van der Waals surface area (Å²) in [6.45, 7) is 5.31. The number of rotatable bonds is 3. The van der Waals surface area contributed by atoms with Crippen LogP contribution in [0.5, 0.6) is 5.75 Å². The SMILES string of the molecule is C=N/C(C#Cc1ccc(O)c(C=O)c1)=C\C=C/C. The molecule has 0 amide bonds. The second kappa shape index (κ2) is 6.87. The number of aliphatic imine (C=N–C) groups is 1. The van der Waals surface area contributed by atoms with Gasteiger partial charge in [-0.15, -0.1) is 0 Å². The monoisotopic (exact) mass is 239 g/mol. The first-order valence-electron chi connectivity index (χ1n) is 5.31. The van der Waals surface area contributed by atoms with Gasteiger partial charge < -0.3 is 5.11 Å². The van der Waals surface area contributed by atoms with Gasteiger partial charge in [-0.1, -0.05) is 18.1 Å². The van der Waals surface area contributed by atoms with E-state index in [4.69, 9.17) is 0 Å². The van der Waals surface area contributed by atoms with Crippen molar-refractivity contribution in [2.24, 2.45) is 4.99 Å². The maximum absolute atomic E-state index is 10.7. The lowest BCUT2D eigenvalue weighted by atomic mass is 10.1. The molecular formula is C15H13NO2. The summed E-state index contributed by atoms with van der Waals surface area (Å²) < 4.78 is 0. The molecule has 0 unspecified atom stereocenters. The van der Waals surface area contributed by atoms with E-state index in [1.165, 1.54) is 12.1 Å². The number of aromatic hydroxyl groups is 1. The summed E-state index contributed by atoms with van der Waals surface area (Å²) in [5.41, 5.74) is 1.38. The first-order chi connectivity index (χ1) is 8.71. The first-order valence-corrected chi connectivity index (χ1v) is 5.31. The molecule has 0 heterocycles. The van der Waals surface area contributed by atoms with Crippen LogP contribution in [0.3, 0.4) is 0 Å². The number of carbonyl (C=O) groups is 1. The fourth-order valence-corrected chi connectivity index (χ4v) is 1.18. The smallest absolute Gasteiger partial charge is 0.153 e. The Kier molecular flexibility index (Phi) is 5.14. The number of carbonyl (C=O) groups excluding carboxylic acids is 1. The third-order valence-corrected chi connectivity index (χ3v) is 2.11. The van der Waals surface area contributed by atoms with Crippen molar-refractivity contribution in [1.29, 1.82) is 0 Å². The van der Waals surface area contributed by atoms with Gasteiger partial charge >= 0.3 is 0 Å². The maximum Gasteiger partial charge on any atom is 0.153 e. The standard InChI is InChI=1S/C15H13NO2/c1-3-4-5-14(16-2)8-6-12-7-9-15(18)13(10-12)11-17/h3-5,7,9-11,18H,2H2,1H3/b4-3-,14-5-. The van der Waals surface area contributed by atoms with Gasteiger partial charge in [0.25, 0.3) is 0 Å². The fourth-order valence-electron chi connectivity index (χ4n) is 1.18. The van der Waals surface area contributed by atoms with Crippen LogP contribution in [-0.2, 0) is 0 Å². The minimum absolute atomic E-state index is 0.0536. The summed E-state index contributed by atoms with van der Waals surface area (Å²) in [4.78, 5) is 14.4. The van der Waals surface area contributed by atoms with E-state index in [-0.39, 0.29) is 11.3 Å². The zero-order chi connectivity index (χ0) is 13.4. The summed E-state index contributed by atoms with van der Waals surface area (Å²) in [7, 11) is 0. The van der Waals surface area contributed by atoms with E-state index in [1.54, 1.807) is 12.1 Å². The zero-order valence-corrected chi connectivity index (χ0v) is 10.1. The molecule has 1 aromatic rings. The lowest BCUT2D eigenvalue weighted by Crippen LogP contribution is -1.83. The number of phenols is 1. The molecule has 0 aliphatic heterocycles. The molecule has 1 N–H and O–H groups in total. The Bertz CT molecular complexity index is 572. The van der Waals surface area contributed by atoms with Crippen molar-refractivity contribution in [3.05, 3.63) is 53.3 Å². The van der Waals surface area contributed by atoms with E-state index in [2.05, 4.69) is 23.6 Å². The van der Waals surface area contributed by atoms with Crippen molar-refractivity contribution in [2.45, 2.75) is 6.92 Å². The summed E-state index contributed by atoms with van der Waals surface area (Å²) in [5.74, 6) is 5.62. The molecular weight excluding hydrogens is 226 g/mol. The second-order valence-corrected chi connectivity index (χ2v) is 3.38. The van der Waals surface area contributed by atoms with Gasteiger partial charge in [-0.3, -0.25) is 9.79 Å². The van der Waals surface area contributed by atoms with Gasteiger partial charge in [0.15, 0.2) is 6.29 Å². The number of hydrogen-bond acceptors (Lipinski definition) is 3. The number of allylic oxidation sites excluding steroid dienone is 4. The lowest BCUT2D eigenvalue weighted by Gasteiger charge is -1.96. The molecule has 3 nitrogen and oxygen atoms in total. The van der Waals surface area contributed by atoms with Crippen LogP contribution in [-0.4, -0.2) is 18.1 Å². The molecule has 0 saturated heterocycles. The van der Waals surface area contributed by atoms with Crippen LogP contribution >= 0.6 is 0 Å². The fraction of sp³-hybridized carbons (Fsp3) is 0.0667. The van der Waals surface area contributed by atoms with E-state index >= 15 is 0 Å². The van der Waals surface area contributed by atoms with Crippen molar-refractivity contribution in [3.63, 3.8) is 0 Å². The van der Waals surface area contributed by atoms with E-state index in [1.807, 2.05) is 19.1 Å². The molecule has 0 spiro atoms. The molecule has 18 heavy (non-hydrogen) atoms. The predicted octanol–water partition coefficient (Wildman–Crippen LogP) is 2.72. The van der Waals surface area contributed by atoms with Crippen molar-refractivity contribution >= 4 is 13.0 Å². The predicted molar refractivity (Wildman–Crippen MR) is 72.8 cm³/mol. The van der Waals surface area contributed by atoms with Crippen molar-refractivity contribution in [2.75, 3.05) is 0 Å². The quantitative estimate of drug-likeness (QED) is 0.381. The number of benzene rings is 1. The average molecular weight is 239 g/mol. The van der Waals surface area contributed by atoms with Gasteiger partial charge in [0.2, 0.25) is 0 Å². The van der Waals surface area contributed by atoms with Gasteiger partial charge in [-0.25, -0.2) is 0 Å². The zero-order valence-electron chi connectivity index (χ0n) is 10.1.